The topological polar surface area (TPSA) is 21.8 Å². The van der Waals surface area contributed by atoms with Gasteiger partial charge in [-0.3, -0.25) is 0 Å². The normalized spacial score (nSPS) is 52.9. The van der Waals surface area contributed by atoms with E-state index >= 15 is 0 Å². The Morgan fingerprint density at radius 3 is 2.62 bits per heavy atom. The van der Waals surface area contributed by atoms with Gasteiger partial charge in [0, 0.05) is 13.0 Å². The first-order chi connectivity index (χ1) is 3.83. The Balaban J connectivity index is 2.06. The predicted octanol–water partition coefficient (Wildman–Crippen LogP) is 0.564. The Kier molecular flexibility index (Phi) is 0.746. The summed E-state index contributed by atoms with van der Waals surface area (Å²) in [5, 5.41) is 0. The lowest BCUT2D eigenvalue weighted by atomic mass is 10.1. The third-order valence-corrected chi connectivity index (χ3v) is 2.11. The van der Waals surface area contributed by atoms with E-state index in [1.165, 1.54) is 0 Å². The first kappa shape index (κ1) is 4.77. The van der Waals surface area contributed by atoms with Crippen LogP contribution >= 0.6 is 0 Å². The molecule has 1 spiro atoms. The van der Waals surface area contributed by atoms with Gasteiger partial charge in [0.25, 0.3) is 0 Å². The molecule has 0 N–H and O–H groups in total. The van der Waals surface area contributed by atoms with Gasteiger partial charge in [0.15, 0.2) is 0 Å². The fourth-order valence-electron chi connectivity index (χ4n) is 1.29. The Morgan fingerprint density at radius 1 is 1.62 bits per heavy atom. The average molecular weight is 114 g/mol. The van der Waals surface area contributed by atoms with Crippen molar-refractivity contribution in [2.75, 3.05) is 13.2 Å². The van der Waals surface area contributed by atoms with Crippen molar-refractivity contribution in [1.29, 1.82) is 0 Å². The first-order valence-corrected chi connectivity index (χ1v) is 3.09. The van der Waals surface area contributed by atoms with Crippen molar-refractivity contribution in [3.8, 4) is 0 Å². The predicted molar refractivity (Wildman–Crippen MR) is 28.7 cm³/mol. The van der Waals surface area contributed by atoms with Crippen LogP contribution < -0.4 is 0 Å². The van der Waals surface area contributed by atoms with Crippen molar-refractivity contribution in [1.82, 2.24) is 0 Å². The average Bonchev–Trinajstić information content (AvgIpc) is 2.29. The molecule has 2 saturated heterocycles. The number of hydrogen-bond acceptors (Lipinski definition) is 2. The van der Waals surface area contributed by atoms with Crippen LogP contribution in [0.2, 0.25) is 0 Å². The van der Waals surface area contributed by atoms with E-state index in [-0.39, 0.29) is 5.60 Å². The lowest BCUT2D eigenvalue weighted by molar-refractivity contribution is 0.171. The van der Waals surface area contributed by atoms with Crippen molar-refractivity contribution in [2.24, 2.45) is 0 Å². The fraction of sp³-hybridized carbons (Fsp3) is 1.00. The molecule has 0 amide bonds. The molecule has 2 heterocycles. The van der Waals surface area contributed by atoms with Crippen LogP contribution in [0.25, 0.3) is 0 Å². The summed E-state index contributed by atoms with van der Waals surface area (Å²) in [6.07, 6.45) is 1.57. The van der Waals surface area contributed by atoms with Crippen LogP contribution in [0.15, 0.2) is 0 Å². The lowest BCUT2D eigenvalue weighted by Gasteiger charge is -1.93. The van der Waals surface area contributed by atoms with Gasteiger partial charge in [-0.1, -0.05) is 0 Å². The van der Waals surface area contributed by atoms with E-state index in [0.717, 1.165) is 19.6 Å². The maximum atomic E-state index is 5.34. The maximum absolute atomic E-state index is 5.34. The highest BCUT2D eigenvalue weighted by Crippen LogP contribution is 2.42. The van der Waals surface area contributed by atoms with Gasteiger partial charge in [-0.15, -0.1) is 0 Å². The minimum absolute atomic E-state index is 0.181. The Hall–Kier alpha value is -0.0800. The van der Waals surface area contributed by atoms with Crippen molar-refractivity contribution >= 4 is 0 Å². The standard InChI is InChI=1S/C6H10O2/c1-5-6(8-5)2-3-7-4-6/h5H,2-4H2,1H3. The molecule has 2 aliphatic rings. The molecule has 2 rings (SSSR count). The van der Waals surface area contributed by atoms with Gasteiger partial charge in [0.05, 0.1) is 12.7 Å². The second-order valence-electron chi connectivity index (χ2n) is 2.63. The summed E-state index contributed by atoms with van der Waals surface area (Å²) in [7, 11) is 0. The molecular weight excluding hydrogens is 104 g/mol. The zero-order valence-corrected chi connectivity index (χ0v) is 5.02. The molecule has 2 nitrogen and oxygen atoms in total. The summed E-state index contributed by atoms with van der Waals surface area (Å²) in [6.45, 7) is 3.83. The highest BCUT2D eigenvalue weighted by Gasteiger charge is 2.55. The molecule has 2 atom stereocenters. The molecule has 2 heteroatoms. The summed E-state index contributed by atoms with van der Waals surface area (Å²) < 4.78 is 10.5. The first-order valence-electron chi connectivity index (χ1n) is 3.09. The van der Waals surface area contributed by atoms with Crippen LogP contribution in [0.5, 0.6) is 0 Å². The zero-order valence-electron chi connectivity index (χ0n) is 5.02. The Labute approximate surface area is 48.8 Å². The molecule has 2 aliphatic heterocycles. The molecule has 0 radical (unpaired) electrons. The molecule has 2 fully saturated rings. The molecule has 46 valence electrons. The minimum Gasteiger partial charge on any atom is -0.378 e. The quantitative estimate of drug-likeness (QED) is 0.429. The van der Waals surface area contributed by atoms with E-state index in [9.17, 15) is 0 Å². The summed E-state index contributed by atoms with van der Waals surface area (Å²) in [5.41, 5.74) is 0.181. The smallest absolute Gasteiger partial charge is 0.120 e. The number of hydrogen-bond donors (Lipinski definition) is 0. The van der Waals surface area contributed by atoms with Gasteiger partial charge in [-0.05, 0) is 6.92 Å². The van der Waals surface area contributed by atoms with Gasteiger partial charge in [0.2, 0.25) is 0 Å². The number of epoxide rings is 1. The van der Waals surface area contributed by atoms with E-state index < -0.39 is 0 Å². The van der Waals surface area contributed by atoms with E-state index in [1.54, 1.807) is 0 Å². The molecule has 0 aliphatic carbocycles. The van der Waals surface area contributed by atoms with Gasteiger partial charge in [0.1, 0.15) is 5.60 Å². The van der Waals surface area contributed by atoms with Crippen molar-refractivity contribution in [3.05, 3.63) is 0 Å². The third-order valence-electron chi connectivity index (χ3n) is 2.11. The molecule has 0 bridgehead atoms. The molecule has 0 aromatic rings. The monoisotopic (exact) mass is 114 g/mol. The molecule has 0 saturated carbocycles. The van der Waals surface area contributed by atoms with E-state index in [4.69, 9.17) is 9.47 Å². The summed E-state index contributed by atoms with van der Waals surface area (Å²) in [5.74, 6) is 0. The maximum Gasteiger partial charge on any atom is 0.120 e. The van der Waals surface area contributed by atoms with Crippen molar-refractivity contribution < 1.29 is 9.47 Å². The molecule has 0 aromatic heterocycles. The molecule has 2 unspecified atom stereocenters. The molecule has 0 aromatic carbocycles. The third kappa shape index (κ3) is 0.446. The van der Waals surface area contributed by atoms with Crippen LogP contribution in [0.1, 0.15) is 13.3 Å². The van der Waals surface area contributed by atoms with E-state index in [2.05, 4.69) is 6.92 Å². The molecule has 8 heavy (non-hydrogen) atoms. The minimum atomic E-state index is 0.181. The highest BCUT2D eigenvalue weighted by atomic mass is 16.6. The van der Waals surface area contributed by atoms with Crippen LogP contribution in [0.4, 0.5) is 0 Å². The SMILES string of the molecule is CC1OC12CCOC2. The number of ether oxygens (including phenoxy) is 2. The van der Waals surface area contributed by atoms with Gasteiger partial charge < -0.3 is 9.47 Å². The lowest BCUT2D eigenvalue weighted by Crippen LogP contribution is -2.12. The van der Waals surface area contributed by atoms with Crippen LogP contribution in [0, 0.1) is 0 Å². The second-order valence-corrected chi connectivity index (χ2v) is 2.63. The Bertz CT molecular complexity index is 105. The van der Waals surface area contributed by atoms with Crippen molar-refractivity contribution in [3.63, 3.8) is 0 Å². The highest BCUT2D eigenvalue weighted by molar-refractivity contribution is 5.02. The summed E-state index contributed by atoms with van der Waals surface area (Å²) in [6, 6.07) is 0. The van der Waals surface area contributed by atoms with E-state index in [0.29, 0.717) is 6.10 Å². The number of rotatable bonds is 0. The van der Waals surface area contributed by atoms with Gasteiger partial charge in [-0.2, -0.15) is 0 Å². The second kappa shape index (κ2) is 1.25. The zero-order chi connectivity index (χ0) is 5.61. The van der Waals surface area contributed by atoms with E-state index in [1.807, 2.05) is 0 Å². The van der Waals surface area contributed by atoms with Gasteiger partial charge >= 0.3 is 0 Å². The largest absolute Gasteiger partial charge is 0.378 e. The summed E-state index contributed by atoms with van der Waals surface area (Å²) >= 11 is 0. The fourth-order valence-corrected chi connectivity index (χ4v) is 1.29. The molecular formula is C6H10O2. The van der Waals surface area contributed by atoms with Crippen LogP contribution in [-0.4, -0.2) is 24.9 Å². The van der Waals surface area contributed by atoms with Crippen LogP contribution in [-0.2, 0) is 9.47 Å². The van der Waals surface area contributed by atoms with Gasteiger partial charge in [-0.25, -0.2) is 0 Å². The Morgan fingerprint density at radius 2 is 2.38 bits per heavy atom. The van der Waals surface area contributed by atoms with Crippen LogP contribution in [0.3, 0.4) is 0 Å². The van der Waals surface area contributed by atoms with Crippen molar-refractivity contribution in [2.45, 2.75) is 25.0 Å². The summed E-state index contributed by atoms with van der Waals surface area (Å²) in [4.78, 5) is 0.